The Morgan fingerprint density at radius 1 is 1.44 bits per heavy atom. The number of hydrogen-bond acceptors (Lipinski definition) is 3. The van der Waals surface area contributed by atoms with Gasteiger partial charge in [0.15, 0.2) is 6.29 Å². The lowest BCUT2D eigenvalue weighted by atomic mass is 10.1. The first kappa shape index (κ1) is 14.6. The van der Waals surface area contributed by atoms with Gasteiger partial charge in [-0.3, -0.25) is 4.79 Å². The van der Waals surface area contributed by atoms with Gasteiger partial charge in [0.25, 0.3) is 6.43 Å². The van der Waals surface area contributed by atoms with E-state index < -0.39 is 35.7 Å². The minimum Gasteiger partial charge on any atom is -0.387 e. The monoisotopic (exact) mass is 289 g/mol. The van der Waals surface area contributed by atoms with E-state index in [-0.39, 0.29) is 11.8 Å². The van der Waals surface area contributed by atoms with Gasteiger partial charge in [-0.05, 0) is 5.56 Å². The van der Waals surface area contributed by atoms with Crippen molar-refractivity contribution in [1.82, 2.24) is 4.98 Å². The van der Waals surface area contributed by atoms with Gasteiger partial charge in [-0.25, -0.2) is 13.8 Å². The Balaban J connectivity index is 3.39. The van der Waals surface area contributed by atoms with Crippen molar-refractivity contribution in [3.8, 4) is 5.88 Å². The van der Waals surface area contributed by atoms with E-state index in [1.807, 2.05) is 0 Å². The van der Waals surface area contributed by atoms with Crippen LogP contribution >= 0.6 is 11.6 Å². The molecule has 3 nitrogen and oxygen atoms in total. The van der Waals surface area contributed by atoms with Crippen LogP contribution in [0, 0.1) is 0 Å². The van der Waals surface area contributed by atoms with Gasteiger partial charge >= 0.3 is 6.36 Å². The SMILES string of the molecule is O=Cc1cnc(OC(F)(F)F)c(C(F)F)c1CCl. The van der Waals surface area contributed by atoms with Crippen LogP contribution < -0.4 is 4.74 Å². The number of halogens is 6. The van der Waals surface area contributed by atoms with Crippen LogP contribution in [0.2, 0.25) is 0 Å². The summed E-state index contributed by atoms with van der Waals surface area (Å²) >= 11 is 5.35. The van der Waals surface area contributed by atoms with E-state index in [2.05, 4.69) is 9.72 Å². The molecular weight excluding hydrogens is 285 g/mol. The van der Waals surface area contributed by atoms with Crippen LogP contribution in [0.3, 0.4) is 0 Å². The zero-order chi connectivity index (χ0) is 13.9. The van der Waals surface area contributed by atoms with E-state index in [1.54, 1.807) is 0 Å². The molecule has 0 spiro atoms. The molecule has 0 saturated carbocycles. The molecule has 1 heterocycles. The summed E-state index contributed by atoms with van der Waals surface area (Å²) < 4.78 is 64.8. The second-order valence-electron chi connectivity index (χ2n) is 3.01. The van der Waals surface area contributed by atoms with Crippen molar-refractivity contribution in [3.05, 3.63) is 22.9 Å². The maximum atomic E-state index is 12.7. The maximum Gasteiger partial charge on any atom is 0.574 e. The van der Waals surface area contributed by atoms with Crippen LogP contribution in [-0.2, 0) is 5.88 Å². The largest absolute Gasteiger partial charge is 0.574 e. The van der Waals surface area contributed by atoms with Gasteiger partial charge in [0.2, 0.25) is 5.88 Å². The van der Waals surface area contributed by atoms with Gasteiger partial charge in [-0.2, -0.15) is 0 Å². The van der Waals surface area contributed by atoms with E-state index in [1.165, 1.54) is 0 Å². The van der Waals surface area contributed by atoms with Crippen molar-refractivity contribution in [2.75, 3.05) is 0 Å². The fourth-order valence-electron chi connectivity index (χ4n) is 1.23. The molecule has 0 amide bonds. The van der Waals surface area contributed by atoms with Gasteiger partial charge in [0, 0.05) is 17.6 Å². The van der Waals surface area contributed by atoms with E-state index in [0.717, 1.165) is 0 Å². The first-order chi connectivity index (χ1) is 8.30. The molecule has 1 aromatic rings. The highest BCUT2D eigenvalue weighted by molar-refractivity contribution is 6.17. The lowest BCUT2D eigenvalue weighted by molar-refractivity contribution is -0.276. The number of nitrogens with zero attached hydrogens (tertiary/aromatic N) is 1. The Morgan fingerprint density at radius 2 is 2.06 bits per heavy atom. The van der Waals surface area contributed by atoms with Gasteiger partial charge in [0.05, 0.1) is 5.56 Å². The number of rotatable bonds is 4. The van der Waals surface area contributed by atoms with E-state index >= 15 is 0 Å². The fourth-order valence-corrected chi connectivity index (χ4v) is 1.53. The summed E-state index contributed by atoms with van der Waals surface area (Å²) in [6.07, 6.45) is -7.60. The highest BCUT2D eigenvalue weighted by Crippen LogP contribution is 2.35. The Morgan fingerprint density at radius 3 is 2.44 bits per heavy atom. The molecule has 0 radical (unpaired) electrons. The van der Waals surface area contributed by atoms with E-state index in [4.69, 9.17) is 11.6 Å². The zero-order valence-corrected chi connectivity index (χ0v) is 9.23. The van der Waals surface area contributed by atoms with Crippen LogP contribution in [0.1, 0.15) is 27.9 Å². The third-order valence-electron chi connectivity index (χ3n) is 1.92. The first-order valence-corrected chi connectivity index (χ1v) is 4.90. The molecule has 0 unspecified atom stereocenters. The molecule has 0 bridgehead atoms. The number of aromatic nitrogens is 1. The predicted molar refractivity (Wildman–Crippen MR) is 50.8 cm³/mol. The van der Waals surface area contributed by atoms with Crippen LogP contribution in [-0.4, -0.2) is 17.6 Å². The van der Waals surface area contributed by atoms with Gasteiger partial charge in [-0.15, -0.1) is 24.8 Å². The highest BCUT2D eigenvalue weighted by Gasteiger charge is 2.35. The molecule has 18 heavy (non-hydrogen) atoms. The van der Waals surface area contributed by atoms with Crippen LogP contribution in [0.4, 0.5) is 22.0 Å². The predicted octanol–water partition coefficient (Wildman–Crippen LogP) is 3.47. The van der Waals surface area contributed by atoms with Gasteiger partial charge in [0.1, 0.15) is 0 Å². The van der Waals surface area contributed by atoms with Crippen LogP contribution in [0.25, 0.3) is 0 Å². The van der Waals surface area contributed by atoms with Crippen molar-refractivity contribution >= 4 is 17.9 Å². The lowest BCUT2D eigenvalue weighted by Gasteiger charge is -2.15. The molecular formula is C9H5ClF5NO2. The molecule has 0 aliphatic heterocycles. The summed E-state index contributed by atoms with van der Waals surface area (Å²) in [5.41, 5.74) is -1.88. The number of ether oxygens (including phenoxy) is 1. The summed E-state index contributed by atoms with van der Waals surface area (Å²) in [6, 6.07) is 0. The zero-order valence-electron chi connectivity index (χ0n) is 8.47. The van der Waals surface area contributed by atoms with Crippen molar-refractivity contribution in [1.29, 1.82) is 0 Å². The van der Waals surface area contributed by atoms with Crippen LogP contribution in [0.15, 0.2) is 6.20 Å². The van der Waals surface area contributed by atoms with E-state index in [0.29, 0.717) is 6.20 Å². The lowest BCUT2D eigenvalue weighted by Crippen LogP contribution is -2.20. The molecule has 0 atom stereocenters. The third kappa shape index (κ3) is 3.28. The Bertz CT molecular complexity index is 449. The van der Waals surface area contributed by atoms with Crippen molar-refractivity contribution in [2.24, 2.45) is 0 Å². The second-order valence-corrected chi connectivity index (χ2v) is 3.28. The average molecular weight is 290 g/mol. The molecule has 0 fully saturated rings. The third-order valence-corrected chi connectivity index (χ3v) is 2.18. The van der Waals surface area contributed by atoms with Crippen LogP contribution in [0.5, 0.6) is 5.88 Å². The van der Waals surface area contributed by atoms with Gasteiger partial charge in [-0.1, -0.05) is 0 Å². The molecule has 9 heteroatoms. The molecule has 0 N–H and O–H groups in total. The van der Waals surface area contributed by atoms with Crippen molar-refractivity contribution in [2.45, 2.75) is 18.7 Å². The quantitative estimate of drug-likeness (QED) is 0.484. The standard InChI is InChI=1S/C9H5ClF5NO2/c10-1-5-4(3-17)2-16-8(6(5)7(11)12)18-9(13,14)15/h2-3,7H,1H2. The van der Waals surface area contributed by atoms with Crippen molar-refractivity contribution < 1.29 is 31.5 Å². The summed E-state index contributed by atoms with van der Waals surface area (Å²) in [5.74, 6) is -1.87. The highest BCUT2D eigenvalue weighted by atomic mass is 35.5. The number of pyridine rings is 1. The molecule has 1 aromatic heterocycles. The Kier molecular flexibility index (Phi) is 4.44. The minimum atomic E-state index is -5.16. The molecule has 100 valence electrons. The summed E-state index contributed by atoms with van der Waals surface area (Å²) in [7, 11) is 0. The summed E-state index contributed by atoms with van der Waals surface area (Å²) in [5, 5.41) is 0. The normalized spacial score (nSPS) is 11.7. The summed E-state index contributed by atoms with van der Waals surface area (Å²) in [4.78, 5) is 13.6. The molecule has 1 rings (SSSR count). The molecule has 0 aliphatic carbocycles. The number of hydrogen-bond donors (Lipinski definition) is 0. The molecule has 0 aromatic carbocycles. The Labute approximate surface area is 103 Å². The van der Waals surface area contributed by atoms with Gasteiger partial charge < -0.3 is 4.74 Å². The molecule has 0 saturated heterocycles. The fraction of sp³-hybridized carbons (Fsp3) is 0.333. The minimum absolute atomic E-state index is 0.175. The average Bonchev–Trinajstić information content (AvgIpc) is 2.25. The number of carbonyl (C=O) groups is 1. The Hall–Kier alpha value is -1.44. The number of alkyl halides is 6. The topological polar surface area (TPSA) is 39.2 Å². The second kappa shape index (κ2) is 5.47. The number of aldehydes is 1. The van der Waals surface area contributed by atoms with Crippen molar-refractivity contribution in [3.63, 3.8) is 0 Å². The van der Waals surface area contributed by atoms with E-state index in [9.17, 15) is 26.7 Å². The summed E-state index contributed by atoms with van der Waals surface area (Å²) in [6.45, 7) is 0. The first-order valence-electron chi connectivity index (χ1n) is 4.37. The smallest absolute Gasteiger partial charge is 0.387 e. The maximum absolute atomic E-state index is 12.7. The number of carbonyl (C=O) groups excluding carboxylic acids is 1. The molecule has 0 aliphatic rings.